The molecule has 0 saturated heterocycles. The predicted octanol–water partition coefficient (Wildman–Crippen LogP) is 3.00. The van der Waals surface area contributed by atoms with Gasteiger partial charge in [0.1, 0.15) is 35.4 Å². The molecule has 0 amide bonds. The molecule has 0 bridgehead atoms. The molecule has 0 saturated carbocycles. The molecule has 8 nitrogen and oxygen atoms in total. The molecule has 2 aromatic heterocycles. The van der Waals surface area contributed by atoms with E-state index in [4.69, 9.17) is 9.47 Å². The van der Waals surface area contributed by atoms with E-state index in [1.54, 1.807) is 12.1 Å². The number of ether oxygens (including phenoxy) is 2. The standard InChI is InChI=1S/C20H22N4O4/c1-3-27-11-5-7-13-15(9-11)23-19(21-13)17(25)18(26)20-22-14-8-6-12(28-4-2)10-16(14)24-20/h5-10,17-18,25-26H,3-4H2,1-2H3,(H,21,23)(H,22,24). The number of hydrogen-bond acceptors (Lipinski definition) is 6. The number of aliphatic hydroxyl groups is 2. The lowest BCUT2D eigenvalue weighted by molar-refractivity contribution is 0.00780. The van der Waals surface area contributed by atoms with Crippen LogP contribution in [-0.4, -0.2) is 43.4 Å². The highest BCUT2D eigenvalue weighted by Crippen LogP contribution is 2.30. The third-order valence-corrected chi connectivity index (χ3v) is 4.42. The van der Waals surface area contributed by atoms with Gasteiger partial charge in [-0.3, -0.25) is 0 Å². The quantitative estimate of drug-likeness (QED) is 0.390. The number of hydrogen-bond donors (Lipinski definition) is 4. The smallest absolute Gasteiger partial charge is 0.145 e. The largest absolute Gasteiger partial charge is 0.494 e. The van der Waals surface area contributed by atoms with Gasteiger partial charge in [0, 0.05) is 12.1 Å². The molecule has 0 spiro atoms. The fourth-order valence-corrected chi connectivity index (χ4v) is 3.11. The van der Waals surface area contributed by atoms with Crippen molar-refractivity contribution in [3.05, 3.63) is 48.0 Å². The Kier molecular flexibility index (Phi) is 4.89. The molecule has 2 aromatic carbocycles. The van der Waals surface area contributed by atoms with E-state index in [9.17, 15) is 10.2 Å². The molecule has 2 unspecified atom stereocenters. The first-order valence-electron chi connectivity index (χ1n) is 9.20. The van der Waals surface area contributed by atoms with Crippen molar-refractivity contribution < 1.29 is 19.7 Å². The number of aliphatic hydroxyl groups excluding tert-OH is 2. The topological polar surface area (TPSA) is 116 Å². The van der Waals surface area contributed by atoms with Gasteiger partial charge in [-0.2, -0.15) is 0 Å². The van der Waals surface area contributed by atoms with E-state index in [1.807, 2.05) is 38.1 Å². The SMILES string of the molecule is CCOc1ccc2nc(C(O)C(O)c3nc4ccc(OCC)cc4[nH]3)[nH]c2c1. The Morgan fingerprint density at radius 1 is 0.786 bits per heavy atom. The second-order valence-electron chi connectivity index (χ2n) is 6.36. The van der Waals surface area contributed by atoms with Gasteiger partial charge < -0.3 is 29.7 Å². The van der Waals surface area contributed by atoms with Crippen LogP contribution in [0.15, 0.2) is 36.4 Å². The minimum atomic E-state index is -1.27. The van der Waals surface area contributed by atoms with Crippen LogP contribution in [0.25, 0.3) is 22.1 Å². The molecule has 0 radical (unpaired) electrons. The minimum absolute atomic E-state index is 0.256. The van der Waals surface area contributed by atoms with Crippen molar-refractivity contribution in [2.45, 2.75) is 26.1 Å². The van der Waals surface area contributed by atoms with Crippen LogP contribution in [0.4, 0.5) is 0 Å². The molecular weight excluding hydrogens is 360 g/mol. The summed E-state index contributed by atoms with van der Waals surface area (Å²) >= 11 is 0. The number of rotatable bonds is 7. The molecule has 2 atom stereocenters. The summed E-state index contributed by atoms with van der Waals surface area (Å²) < 4.78 is 11.0. The van der Waals surface area contributed by atoms with E-state index >= 15 is 0 Å². The van der Waals surface area contributed by atoms with Crippen LogP contribution in [0.5, 0.6) is 11.5 Å². The summed E-state index contributed by atoms with van der Waals surface area (Å²) in [7, 11) is 0. The van der Waals surface area contributed by atoms with Crippen LogP contribution in [-0.2, 0) is 0 Å². The van der Waals surface area contributed by atoms with Gasteiger partial charge in [-0.15, -0.1) is 0 Å². The van der Waals surface area contributed by atoms with E-state index in [0.717, 1.165) is 11.0 Å². The zero-order chi connectivity index (χ0) is 19.7. The maximum absolute atomic E-state index is 10.6. The lowest BCUT2D eigenvalue weighted by Crippen LogP contribution is -2.13. The first-order chi connectivity index (χ1) is 13.6. The summed E-state index contributed by atoms with van der Waals surface area (Å²) in [6, 6.07) is 10.9. The Morgan fingerprint density at radius 3 is 1.61 bits per heavy atom. The van der Waals surface area contributed by atoms with Crippen molar-refractivity contribution in [3.8, 4) is 11.5 Å². The van der Waals surface area contributed by atoms with E-state index in [2.05, 4.69) is 19.9 Å². The van der Waals surface area contributed by atoms with Crippen molar-refractivity contribution in [2.75, 3.05) is 13.2 Å². The average molecular weight is 382 g/mol. The number of H-pyrrole nitrogens is 2. The summed E-state index contributed by atoms with van der Waals surface area (Å²) in [5.41, 5.74) is 2.79. The van der Waals surface area contributed by atoms with Crippen molar-refractivity contribution in [1.29, 1.82) is 0 Å². The van der Waals surface area contributed by atoms with Gasteiger partial charge in [0.25, 0.3) is 0 Å². The van der Waals surface area contributed by atoms with Gasteiger partial charge in [0.2, 0.25) is 0 Å². The fourth-order valence-electron chi connectivity index (χ4n) is 3.11. The zero-order valence-corrected chi connectivity index (χ0v) is 15.6. The first kappa shape index (κ1) is 18.3. The van der Waals surface area contributed by atoms with Crippen LogP contribution in [0.3, 0.4) is 0 Å². The number of fused-ring (bicyclic) bond motifs is 2. The molecule has 0 fully saturated rings. The van der Waals surface area contributed by atoms with E-state index in [1.165, 1.54) is 0 Å². The molecule has 4 aromatic rings. The maximum Gasteiger partial charge on any atom is 0.145 e. The van der Waals surface area contributed by atoms with Crippen LogP contribution < -0.4 is 9.47 Å². The highest BCUT2D eigenvalue weighted by Gasteiger charge is 2.26. The van der Waals surface area contributed by atoms with Gasteiger partial charge in [0.05, 0.1) is 35.3 Å². The zero-order valence-electron chi connectivity index (χ0n) is 15.6. The van der Waals surface area contributed by atoms with Crippen LogP contribution in [0, 0.1) is 0 Å². The van der Waals surface area contributed by atoms with Crippen molar-refractivity contribution >= 4 is 22.1 Å². The number of aromatic amines is 2. The van der Waals surface area contributed by atoms with E-state index in [-0.39, 0.29) is 11.6 Å². The van der Waals surface area contributed by atoms with Crippen LogP contribution >= 0.6 is 0 Å². The molecule has 4 N–H and O–H groups in total. The molecule has 146 valence electrons. The number of imidazole rings is 2. The third-order valence-electron chi connectivity index (χ3n) is 4.42. The molecule has 0 aliphatic heterocycles. The average Bonchev–Trinajstić information content (AvgIpc) is 3.30. The van der Waals surface area contributed by atoms with Crippen LogP contribution in [0.1, 0.15) is 37.7 Å². The molecule has 8 heteroatoms. The summed E-state index contributed by atoms with van der Waals surface area (Å²) in [4.78, 5) is 14.8. The normalized spacial score (nSPS) is 13.7. The van der Waals surface area contributed by atoms with Crippen LogP contribution in [0.2, 0.25) is 0 Å². The Morgan fingerprint density at radius 2 is 1.21 bits per heavy atom. The van der Waals surface area contributed by atoms with Gasteiger partial charge in [-0.05, 0) is 38.1 Å². The molecule has 2 heterocycles. The maximum atomic E-state index is 10.6. The highest BCUT2D eigenvalue weighted by atomic mass is 16.5. The Bertz CT molecular complexity index is 1020. The van der Waals surface area contributed by atoms with Gasteiger partial charge in [-0.1, -0.05) is 0 Å². The molecule has 4 rings (SSSR count). The lowest BCUT2D eigenvalue weighted by atomic mass is 10.2. The second-order valence-corrected chi connectivity index (χ2v) is 6.36. The van der Waals surface area contributed by atoms with Crippen molar-refractivity contribution in [3.63, 3.8) is 0 Å². The van der Waals surface area contributed by atoms with Gasteiger partial charge >= 0.3 is 0 Å². The number of nitrogens with zero attached hydrogens (tertiary/aromatic N) is 2. The summed E-state index contributed by atoms with van der Waals surface area (Å²) in [6.07, 6.45) is -2.54. The first-order valence-corrected chi connectivity index (χ1v) is 9.20. The predicted molar refractivity (Wildman–Crippen MR) is 104 cm³/mol. The molecule has 0 aliphatic rings. The number of nitrogens with one attached hydrogen (secondary N) is 2. The second kappa shape index (κ2) is 7.49. The molecule has 0 aliphatic carbocycles. The van der Waals surface area contributed by atoms with E-state index < -0.39 is 12.2 Å². The van der Waals surface area contributed by atoms with Gasteiger partial charge in [0.15, 0.2) is 0 Å². The fraction of sp³-hybridized carbons (Fsp3) is 0.300. The monoisotopic (exact) mass is 382 g/mol. The third kappa shape index (κ3) is 3.39. The Labute approximate surface area is 161 Å². The highest BCUT2D eigenvalue weighted by molar-refractivity contribution is 5.77. The molecule has 28 heavy (non-hydrogen) atoms. The minimum Gasteiger partial charge on any atom is -0.494 e. The molecular formula is C20H22N4O4. The van der Waals surface area contributed by atoms with Crippen molar-refractivity contribution in [2.24, 2.45) is 0 Å². The summed E-state index contributed by atoms with van der Waals surface area (Å²) in [5.74, 6) is 1.93. The Hall–Kier alpha value is -3.10. The Balaban J connectivity index is 1.61. The summed E-state index contributed by atoms with van der Waals surface area (Å²) in [5, 5.41) is 21.2. The number of aromatic nitrogens is 4. The van der Waals surface area contributed by atoms with E-state index in [0.29, 0.717) is 35.7 Å². The number of benzene rings is 2. The van der Waals surface area contributed by atoms with Crippen molar-refractivity contribution in [1.82, 2.24) is 19.9 Å². The lowest BCUT2D eigenvalue weighted by Gasteiger charge is -2.13. The van der Waals surface area contributed by atoms with Gasteiger partial charge in [-0.25, -0.2) is 9.97 Å². The summed E-state index contributed by atoms with van der Waals surface area (Å²) in [6.45, 7) is 4.94.